The number of morpholine rings is 1. The minimum absolute atomic E-state index is 0.179. The third-order valence-electron chi connectivity index (χ3n) is 3.18. The number of hydrogen-bond acceptors (Lipinski definition) is 3. The zero-order valence-corrected chi connectivity index (χ0v) is 11.2. The molecule has 3 heteroatoms. The van der Waals surface area contributed by atoms with Crippen molar-refractivity contribution in [1.29, 1.82) is 0 Å². The van der Waals surface area contributed by atoms with E-state index in [0.717, 1.165) is 31.9 Å². The predicted octanol–water partition coefficient (Wildman–Crippen LogP) is 2.40. The van der Waals surface area contributed by atoms with E-state index in [1.54, 1.807) is 0 Å². The molecule has 1 fully saturated rings. The Balaban J connectivity index is 1.75. The van der Waals surface area contributed by atoms with E-state index in [-0.39, 0.29) is 6.10 Å². The number of unbranched alkanes of at least 4 members (excludes halogenated alkanes) is 1. The van der Waals surface area contributed by atoms with E-state index < -0.39 is 0 Å². The van der Waals surface area contributed by atoms with Gasteiger partial charge >= 0.3 is 0 Å². The van der Waals surface area contributed by atoms with Crippen molar-refractivity contribution < 1.29 is 9.47 Å². The number of benzene rings is 1. The van der Waals surface area contributed by atoms with E-state index in [2.05, 4.69) is 36.5 Å². The summed E-state index contributed by atoms with van der Waals surface area (Å²) in [5.74, 6) is 0.935. The van der Waals surface area contributed by atoms with E-state index in [1.165, 1.54) is 18.4 Å². The topological polar surface area (TPSA) is 30.5 Å². The maximum absolute atomic E-state index is 5.74. The Morgan fingerprint density at radius 1 is 1.33 bits per heavy atom. The molecule has 1 aliphatic rings. The Morgan fingerprint density at radius 3 is 2.83 bits per heavy atom. The first-order valence-electron chi connectivity index (χ1n) is 6.92. The van der Waals surface area contributed by atoms with Crippen LogP contribution in [0.15, 0.2) is 24.3 Å². The van der Waals surface area contributed by atoms with Crippen LogP contribution in [0.4, 0.5) is 0 Å². The Bertz CT molecular complexity index is 331. The summed E-state index contributed by atoms with van der Waals surface area (Å²) in [5, 5.41) is 3.30. The van der Waals surface area contributed by atoms with Gasteiger partial charge in [0.1, 0.15) is 18.5 Å². The Labute approximate surface area is 109 Å². The van der Waals surface area contributed by atoms with E-state index in [1.807, 2.05) is 0 Å². The summed E-state index contributed by atoms with van der Waals surface area (Å²) in [4.78, 5) is 0. The van der Waals surface area contributed by atoms with Crippen molar-refractivity contribution >= 4 is 0 Å². The second kappa shape index (κ2) is 7.39. The molecule has 0 radical (unpaired) electrons. The molecule has 1 N–H and O–H groups in total. The Hall–Kier alpha value is -1.06. The molecule has 2 rings (SSSR count). The predicted molar refractivity (Wildman–Crippen MR) is 73.2 cm³/mol. The lowest BCUT2D eigenvalue weighted by atomic mass is 10.1. The molecule has 0 spiro atoms. The Morgan fingerprint density at radius 2 is 2.17 bits per heavy atom. The van der Waals surface area contributed by atoms with Crippen LogP contribution in [0.25, 0.3) is 0 Å². The molecular weight excluding hydrogens is 226 g/mol. The summed E-state index contributed by atoms with van der Waals surface area (Å²) < 4.78 is 11.3. The standard InChI is InChI=1S/C15H23NO2/c1-2-3-4-13-5-7-14(8-6-13)18-12-15-11-16-9-10-17-15/h5-8,15-16H,2-4,9-12H2,1H3. The van der Waals surface area contributed by atoms with Gasteiger partial charge in [0.05, 0.1) is 6.61 Å². The molecule has 0 amide bonds. The van der Waals surface area contributed by atoms with E-state index in [0.29, 0.717) is 6.61 Å². The maximum atomic E-state index is 5.74. The van der Waals surface area contributed by atoms with Gasteiger partial charge in [-0.05, 0) is 30.5 Å². The van der Waals surface area contributed by atoms with Gasteiger partial charge in [-0.1, -0.05) is 25.5 Å². The third-order valence-corrected chi connectivity index (χ3v) is 3.18. The highest BCUT2D eigenvalue weighted by molar-refractivity contribution is 5.27. The highest BCUT2D eigenvalue weighted by Gasteiger charge is 2.13. The zero-order chi connectivity index (χ0) is 12.6. The monoisotopic (exact) mass is 249 g/mol. The maximum Gasteiger partial charge on any atom is 0.119 e. The molecule has 1 heterocycles. The second-order valence-corrected chi connectivity index (χ2v) is 4.76. The van der Waals surface area contributed by atoms with Crippen LogP contribution in [-0.2, 0) is 11.2 Å². The minimum Gasteiger partial charge on any atom is -0.491 e. The minimum atomic E-state index is 0.179. The molecule has 1 aliphatic heterocycles. The van der Waals surface area contributed by atoms with Gasteiger partial charge < -0.3 is 14.8 Å². The van der Waals surface area contributed by atoms with Crippen molar-refractivity contribution in [3.05, 3.63) is 29.8 Å². The number of hydrogen-bond donors (Lipinski definition) is 1. The fourth-order valence-corrected chi connectivity index (χ4v) is 2.05. The van der Waals surface area contributed by atoms with Crippen LogP contribution in [0, 0.1) is 0 Å². The van der Waals surface area contributed by atoms with Gasteiger partial charge in [-0.3, -0.25) is 0 Å². The van der Waals surface area contributed by atoms with Crippen LogP contribution >= 0.6 is 0 Å². The fourth-order valence-electron chi connectivity index (χ4n) is 2.05. The molecule has 0 bridgehead atoms. The van der Waals surface area contributed by atoms with Crippen molar-refractivity contribution in [2.45, 2.75) is 32.3 Å². The molecule has 1 atom stereocenters. The third kappa shape index (κ3) is 4.31. The van der Waals surface area contributed by atoms with Crippen molar-refractivity contribution in [3.63, 3.8) is 0 Å². The molecule has 1 aromatic carbocycles. The fraction of sp³-hybridized carbons (Fsp3) is 0.600. The molecule has 1 unspecified atom stereocenters. The van der Waals surface area contributed by atoms with Gasteiger partial charge in [-0.15, -0.1) is 0 Å². The molecule has 18 heavy (non-hydrogen) atoms. The van der Waals surface area contributed by atoms with Crippen molar-refractivity contribution in [2.24, 2.45) is 0 Å². The van der Waals surface area contributed by atoms with Crippen LogP contribution in [0.5, 0.6) is 5.75 Å². The summed E-state index contributed by atoms with van der Waals surface area (Å²) in [6.45, 7) is 5.46. The van der Waals surface area contributed by atoms with Gasteiger partial charge in [0.25, 0.3) is 0 Å². The van der Waals surface area contributed by atoms with Crippen LogP contribution in [0.1, 0.15) is 25.3 Å². The molecule has 1 aromatic rings. The highest BCUT2D eigenvalue weighted by Crippen LogP contribution is 2.14. The summed E-state index contributed by atoms with van der Waals surface area (Å²) in [5.41, 5.74) is 1.39. The lowest BCUT2D eigenvalue weighted by Crippen LogP contribution is -2.41. The average molecular weight is 249 g/mol. The lowest BCUT2D eigenvalue weighted by Gasteiger charge is -2.23. The number of aryl methyl sites for hydroxylation is 1. The van der Waals surface area contributed by atoms with Crippen molar-refractivity contribution in [2.75, 3.05) is 26.3 Å². The van der Waals surface area contributed by atoms with Crippen LogP contribution < -0.4 is 10.1 Å². The summed E-state index contributed by atoms with van der Waals surface area (Å²) >= 11 is 0. The number of rotatable bonds is 6. The van der Waals surface area contributed by atoms with Gasteiger partial charge in [0.15, 0.2) is 0 Å². The van der Waals surface area contributed by atoms with Crippen LogP contribution in [-0.4, -0.2) is 32.4 Å². The highest BCUT2D eigenvalue weighted by atomic mass is 16.5. The quantitative estimate of drug-likeness (QED) is 0.839. The smallest absolute Gasteiger partial charge is 0.119 e. The molecule has 3 nitrogen and oxygen atoms in total. The average Bonchev–Trinajstić information content (AvgIpc) is 2.45. The molecule has 0 aromatic heterocycles. The molecule has 1 saturated heterocycles. The van der Waals surface area contributed by atoms with Crippen molar-refractivity contribution in [1.82, 2.24) is 5.32 Å². The summed E-state index contributed by atoms with van der Waals surface area (Å²) in [6.07, 6.45) is 3.83. The molecule has 100 valence electrons. The Kier molecular flexibility index (Phi) is 5.49. The molecule has 0 aliphatic carbocycles. The normalized spacial score (nSPS) is 19.7. The largest absolute Gasteiger partial charge is 0.491 e. The second-order valence-electron chi connectivity index (χ2n) is 4.76. The van der Waals surface area contributed by atoms with Gasteiger partial charge in [0, 0.05) is 13.1 Å². The van der Waals surface area contributed by atoms with E-state index in [4.69, 9.17) is 9.47 Å². The van der Waals surface area contributed by atoms with Crippen LogP contribution in [0.3, 0.4) is 0 Å². The van der Waals surface area contributed by atoms with Gasteiger partial charge in [0.2, 0.25) is 0 Å². The van der Waals surface area contributed by atoms with E-state index >= 15 is 0 Å². The SMILES string of the molecule is CCCCc1ccc(OCC2CNCCO2)cc1. The molecular formula is C15H23NO2. The van der Waals surface area contributed by atoms with Crippen LogP contribution in [0.2, 0.25) is 0 Å². The van der Waals surface area contributed by atoms with E-state index in [9.17, 15) is 0 Å². The van der Waals surface area contributed by atoms with Gasteiger partial charge in [-0.25, -0.2) is 0 Å². The molecule has 0 saturated carbocycles. The van der Waals surface area contributed by atoms with Crippen molar-refractivity contribution in [3.8, 4) is 5.75 Å². The first-order valence-corrected chi connectivity index (χ1v) is 6.92. The summed E-state index contributed by atoms with van der Waals surface area (Å²) in [6, 6.07) is 8.43. The first-order chi connectivity index (χ1) is 8.88. The summed E-state index contributed by atoms with van der Waals surface area (Å²) in [7, 11) is 0. The lowest BCUT2D eigenvalue weighted by molar-refractivity contribution is 0.000193. The van der Waals surface area contributed by atoms with Gasteiger partial charge in [-0.2, -0.15) is 0 Å². The first kappa shape index (κ1) is 13.4. The number of nitrogens with one attached hydrogen (secondary N) is 1. The zero-order valence-electron chi connectivity index (χ0n) is 11.2. The number of ether oxygens (including phenoxy) is 2.